The van der Waals surface area contributed by atoms with Gasteiger partial charge >= 0.3 is 0 Å². The van der Waals surface area contributed by atoms with Crippen LogP contribution >= 0.6 is 0 Å². The van der Waals surface area contributed by atoms with Gasteiger partial charge in [-0.3, -0.25) is 9.59 Å². The number of aryl methyl sites for hydroxylation is 2. The molecule has 2 rings (SSSR count). The normalized spacial score (nSPS) is 15.2. The Labute approximate surface area is 105 Å². The van der Waals surface area contributed by atoms with E-state index in [0.717, 1.165) is 0 Å². The highest BCUT2D eigenvalue weighted by Crippen LogP contribution is 2.04. The molecule has 18 heavy (non-hydrogen) atoms. The number of aromatic amines is 1. The fourth-order valence-corrected chi connectivity index (χ4v) is 1.90. The average molecular weight is 251 g/mol. The topological polar surface area (TPSA) is 84.1 Å². The summed E-state index contributed by atoms with van der Waals surface area (Å²) in [5, 5.41) is 2.84. The maximum Gasteiger partial charge on any atom is 0.254 e. The van der Waals surface area contributed by atoms with Crippen LogP contribution in [0.4, 0.5) is 0 Å². The lowest BCUT2D eigenvalue weighted by Gasteiger charge is -2.26. The van der Waals surface area contributed by atoms with Gasteiger partial charge in [-0.15, -0.1) is 0 Å². The fourth-order valence-electron chi connectivity index (χ4n) is 1.90. The minimum atomic E-state index is -0.153. The molecule has 1 amide bonds. The lowest BCUT2D eigenvalue weighted by Crippen LogP contribution is -2.48. The number of nitrogens with one attached hydrogen (secondary N) is 2. The summed E-state index contributed by atoms with van der Waals surface area (Å²) in [4.78, 5) is 30.2. The van der Waals surface area contributed by atoms with Gasteiger partial charge in [-0.1, -0.05) is 0 Å². The zero-order valence-corrected chi connectivity index (χ0v) is 10.6. The van der Waals surface area contributed by atoms with Crippen LogP contribution < -0.4 is 10.9 Å². The molecule has 1 aliphatic rings. The molecule has 1 fully saturated rings. The van der Waals surface area contributed by atoms with Crippen molar-refractivity contribution in [1.29, 1.82) is 0 Å². The van der Waals surface area contributed by atoms with Gasteiger partial charge in [0.15, 0.2) is 0 Å². The molecule has 1 aliphatic heterocycles. The van der Waals surface area contributed by atoms with E-state index in [4.69, 9.17) is 4.74 Å². The van der Waals surface area contributed by atoms with Crippen LogP contribution in [0.25, 0.3) is 0 Å². The lowest BCUT2D eigenvalue weighted by atomic mass is 10.1. The van der Waals surface area contributed by atoms with Gasteiger partial charge in [-0.05, 0) is 20.3 Å². The molecule has 0 saturated carbocycles. The quantitative estimate of drug-likeness (QED) is 0.778. The van der Waals surface area contributed by atoms with Gasteiger partial charge in [-0.2, -0.15) is 0 Å². The minimum absolute atomic E-state index is 0.0531. The van der Waals surface area contributed by atoms with Crippen molar-refractivity contribution in [3.05, 3.63) is 27.4 Å². The first-order valence-corrected chi connectivity index (χ1v) is 6.00. The second-order valence-corrected chi connectivity index (χ2v) is 4.52. The van der Waals surface area contributed by atoms with E-state index in [9.17, 15) is 9.59 Å². The van der Waals surface area contributed by atoms with Crippen molar-refractivity contribution in [2.45, 2.75) is 32.7 Å². The van der Waals surface area contributed by atoms with Crippen molar-refractivity contribution >= 4 is 5.91 Å². The number of H-pyrrole nitrogens is 1. The van der Waals surface area contributed by atoms with E-state index in [0.29, 0.717) is 43.1 Å². The number of hydrogen-bond acceptors (Lipinski definition) is 4. The molecule has 98 valence electrons. The smallest absolute Gasteiger partial charge is 0.254 e. The van der Waals surface area contributed by atoms with E-state index < -0.39 is 0 Å². The van der Waals surface area contributed by atoms with Crippen LogP contribution in [0.3, 0.4) is 0 Å². The molecule has 2 heterocycles. The first-order chi connectivity index (χ1) is 8.56. The lowest BCUT2D eigenvalue weighted by molar-refractivity contribution is -0.125. The summed E-state index contributed by atoms with van der Waals surface area (Å²) in [7, 11) is 0. The maximum absolute atomic E-state index is 11.7. The number of carbonyl (C=O) groups excluding carboxylic acids is 1. The Morgan fingerprint density at radius 1 is 1.50 bits per heavy atom. The Hall–Kier alpha value is -1.69. The second kappa shape index (κ2) is 5.30. The molecule has 1 aromatic heterocycles. The van der Waals surface area contributed by atoms with Crippen LogP contribution in [0.2, 0.25) is 0 Å². The van der Waals surface area contributed by atoms with E-state index in [1.807, 2.05) is 0 Å². The summed E-state index contributed by atoms with van der Waals surface area (Å²) >= 11 is 0. The summed E-state index contributed by atoms with van der Waals surface area (Å²) in [5.74, 6) is 0.542. The Morgan fingerprint density at radius 2 is 2.22 bits per heavy atom. The highest BCUT2D eigenvalue weighted by molar-refractivity contribution is 5.76. The predicted molar refractivity (Wildman–Crippen MR) is 65.4 cm³/mol. The summed E-state index contributed by atoms with van der Waals surface area (Å²) in [6.07, 6.45) is 0.707. The molecular formula is C12H17N3O3. The fraction of sp³-hybridized carbons (Fsp3) is 0.583. The van der Waals surface area contributed by atoms with Crippen LogP contribution in [0, 0.1) is 13.8 Å². The summed E-state index contributed by atoms with van der Waals surface area (Å²) in [6.45, 7) is 4.69. The molecule has 2 N–H and O–H groups in total. The molecule has 6 heteroatoms. The van der Waals surface area contributed by atoms with Gasteiger partial charge in [0.2, 0.25) is 5.91 Å². The van der Waals surface area contributed by atoms with E-state index in [1.54, 1.807) is 13.8 Å². The highest BCUT2D eigenvalue weighted by Gasteiger charge is 2.20. The van der Waals surface area contributed by atoms with Crippen molar-refractivity contribution in [2.75, 3.05) is 13.2 Å². The van der Waals surface area contributed by atoms with E-state index in [2.05, 4.69) is 15.3 Å². The Kier molecular flexibility index (Phi) is 3.76. The van der Waals surface area contributed by atoms with Crippen molar-refractivity contribution in [3.8, 4) is 0 Å². The predicted octanol–water partition coefficient (Wildman–Crippen LogP) is -0.166. The Morgan fingerprint density at radius 3 is 2.78 bits per heavy atom. The monoisotopic (exact) mass is 251 g/mol. The van der Waals surface area contributed by atoms with Crippen LogP contribution in [0.15, 0.2) is 4.79 Å². The number of nitrogens with zero attached hydrogens (tertiary/aromatic N) is 1. The molecule has 0 spiro atoms. The third kappa shape index (κ3) is 2.95. The molecule has 0 radical (unpaired) electrons. The first-order valence-electron chi connectivity index (χ1n) is 6.00. The third-order valence-corrected chi connectivity index (χ3v) is 2.95. The van der Waals surface area contributed by atoms with Crippen LogP contribution in [-0.4, -0.2) is 35.1 Å². The second-order valence-electron chi connectivity index (χ2n) is 4.52. The Balaban J connectivity index is 1.93. The van der Waals surface area contributed by atoms with Crippen molar-refractivity contribution in [1.82, 2.24) is 15.3 Å². The van der Waals surface area contributed by atoms with Crippen molar-refractivity contribution < 1.29 is 9.53 Å². The average Bonchev–Trinajstić information content (AvgIpc) is 2.22. The van der Waals surface area contributed by atoms with E-state index >= 15 is 0 Å². The minimum Gasteiger partial charge on any atom is -0.377 e. The summed E-state index contributed by atoms with van der Waals surface area (Å²) in [6, 6.07) is 0.132. The van der Waals surface area contributed by atoms with Crippen LogP contribution in [-0.2, 0) is 16.0 Å². The number of ether oxygens (including phenoxy) is 1. The van der Waals surface area contributed by atoms with Gasteiger partial charge in [-0.25, -0.2) is 4.98 Å². The molecule has 6 nitrogen and oxygen atoms in total. The van der Waals surface area contributed by atoms with Gasteiger partial charge in [0.25, 0.3) is 5.56 Å². The number of aromatic nitrogens is 2. The highest BCUT2D eigenvalue weighted by atomic mass is 16.5. The zero-order valence-electron chi connectivity index (χ0n) is 10.6. The van der Waals surface area contributed by atoms with Crippen LogP contribution in [0.5, 0.6) is 0 Å². The number of rotatable bonds is 4. The van der Waals surface area contributed by atoms with Gasteiger partial charge in [0.05, 0.1) is 19.3 Å². The van der Waals surface area contributed by atoms with Gasteiger partial charge < -0.3 is 15.0 Å². The summed E-state index contributed by atoms with van der Waals surface area (Å²) in [5.41, 5.74) is 1.12. The first kappa shape index (κ1) is 12.8. The molecule has 1 saturated heterocycles. The van der Waals surface area contributed by atoms with Gasteiger partial charge in [0, 0.05) is 17.7 Å². The van der Waals surface area contributed by atoms with Crippen molar-refractivity contribution in [3.63, 3.8) is 0 Å². The molecule has 1 aromatic rings. The largest absolute Gasteiger partial charge is 0.377 e. The Bertz CT molecular complexity index is 506. The molecule has 0 aliphatic carbocycles. The SMILES string of the molecule is Cc1nc(C)c(CCC(=O)NC2COC2)c(=O)[nH]1. The zero-order chi connectivity index (χ0) is 13.1. The number of amides is 1. The van der Waals surface area contributed by atoms with Gasteiger partial charge in [0.1, 0.15) is 5.82 Å². The molecule has 0 unspecified atom stereocenters. The third-order valence-electron chi connectivity index (χ3n) is 2.95. The number of carbonyl (C=O) groups is 1. The molecule has 0 atom stereocenters. The van der Waals surface area contributed by atoms with Crippen LogP contribution in [0.1, 0.15) is 23.5 Å². The van der Waals surface area contributed by atoms with E-state index in [1.165, 1.54) is 0 Å². The standard InChI is InChI=1S/C12H17N3O3/c1-7-10(12(17)14-8(2)13-7)3-4-11(16)15-9-5-18-6-9/h9H,3-6H2,1-2H3,(H,15,16)(H,13,14,17). The van der Waals surface area contributed by atoms with E-state index in [-0.39, 0.29) is 17.5 Å². The summed E-state index contributed by atoms with van der Waals surface area (Å²) < 4.78 is 4.97. The maximum atomic E-state index is 11.7. The molecule has 0 aromatic carbocycles. The number of hydrogen-bond donors (Lipinski definition) is 2. The molecule has 0 bridgehead atoms. The molecular weight excluding hydrogens is 234 g/mol. The van der Waals surface area contributed by atoms with Crippen molar-refractivity contribution in [2.24, 2.45) is 0 Å².